The Morgan fingerprint density at radius 3 is 2.59 bits per heavy atom. The molecule has 0 fully saturated rings. The van der Waals surface area contributed by atoms with Crippen LogP contribution in [-0.2, 0) is 4.79 Å². The second-order valence-electron chi connectivity index (χ2n) is 5.90. The number of benzene rings is 2. The van der Waals surface area contributed by atoms with Crippen LogP contribution in [0.15, 0.2) is 60.7 Å². The molecule has 0 unspecified atom stereocenters. The van der Waals surface area contributed by atoms with Crippen LogP contribution in [0.25, 0.3) is 16.5 Å². The third kappa shape index (κ3) is 4.64. The van der Waals surface area contributed by atoms with Crippen LogP contribution in [0.4, 0.5) is 5.69 Å². The van der Waals surface area contributed by atoms with Crippen molar-refractivity contribution in [3.8, 4) is 10.4 Å². The summed E-state index contributed by atoms with van der Waals surface area (Å²) in [6.07, 6.45) is 3.23. The van der Waals surface area contributed by atoms with Gasteiger partial charge in [0.2, 0.25) is 11.8 Å². The molecule has 0 aliphatic heterocycles. The van der Waals surface area contributed by atoms with E-state index in [-0.39, 0.29) is 5.91 Å². The van der Waals surface area contributed by atoms with Crippen molar-refractivity contribution < 1.29 is 9.59 Å². The zero-order valence-electron chi connectivity index (χ0n) is 14.5. The summed E-state index contributed by atoms with van der Waals surface area (Å²) in [7, 11) is 0. The molecule has 0 aliphatic carbocycles. The van der Waals surface area contributed by atoms with Gasteiger partial charge in [0.1, 0.15) is 0 Å². The summed E-state index contributed by atoms with van der Waals surface area (Å²) >= 11 is 7.78. The van der Waals surface area contributed by atoms with Gasteiger partial charge in [-0.15, -0.1) is 11.3 Å². The number of nitrogens with two attached hydrogens (primary N) is 1. The van der Waals surface area contributed by atoms with Crippen molar-refractivity contribution in [2.45, 2.75) is 6.92 Å². The van der Waals surface area contributed by atoms with Crippen LogP contribution >= 0.6 is 22.9 Å². The normalized spacial score (nSPS) is 10.9. The molecule has 0 bridgehead atoms. The molecule has 2 aromatic carbocycles. The number of anilines is 1. The van der Waals surface area contributed by atoms with Crippen LogP contribution in [-0.4, -0.2) is 11.8 Å². The molecular weight excluding hydrogens is 380 g/mol. The summed E-state index contributed by atoms with van der Waals surface area (Å²) < 4.78 is 0. The molecule has 1 aromatic heterocycles. The molecule has 0 saturated carbocycles. The number of hydrogen-bond donors (Lipinski definition) is 2. The van der Waals surface area contributed by atoms with Crippen molar-refractivity contribution in [2.24, 2.45) is 5.73 Å². The summed E-state index contributed by atoms with van der Waals surface area (Å²) in [6.45, 7) is 1.77. The van der Waals surface area contributed by atoms with E-state index in [1.807, 2.05) is 36.4 Å². The second kappa shape index (κ2) is 8.20. The lowest BCUT2D eigenvalue weighted by Crippen LogP contribution is -2.13. The first-order valence-electron chi connectivity index (χ1n) is 8.18. The van der Waals surface area contributed by atoms with Crippen molar-refractivity contribution in [1.29, 1.82) is 0 Å². The smallest absolute Gasteiger partial charge is 0.248 e. The van der Waals surface area contributed by atoms with E-state index in [0.717, 1.165) is 15.3 Å². The Balaban J connectivity index is 1.68. The fourth-order valence-electron chi connectivity index (χ4n) is 2.61. The number of rotatable bonds is 5. The quantitative estimate of drug-likeness (QED) is 0.587. The summed E-state index contributed by atoms with van der Waals surface area (Å²) in [4.78, 5) is 25.4. The number of thiophene rings is 1. The van der Waals surface area contributed by atoms with Crippen molar-refractivity contribution in [3.05, 3.63) is 81.7 Å². The summed E-state index contributed by atoms with van der Waals surface area (Å²) in [5, 5.41) is 3.47. The molecule has 0 saturated heterocycles. The van der Waals surface area contributed by atoms with Crippen molar-refractivity contribution in [3.63, 3.8) is 0 Å². The van der Waals surface area contributed by atoms with Gasteiger partial charge in [-0.2, -0.15) is 0 Å². The zero-order chi connectivity index (χ0) is 19.4. The molecule has 27 heavy (non-hydrogen) atoms. The van der Waals surface area contributed by atoms with Crippen LogP contribution < -0.4 is 11.1 Å². The van der Waals surface area contributed by atoms with Gasteiger partial charge in [0.15, 0.2) is 0 Å². The first-order valence-corrected chi connectivity index (χ1v) is 9.38. The Morgan fingerprint density at radius 1 is 1.11 bits per heavy atom. The summed E-state index contributed by atoms with van der Waals surface area (Å²) in [5.41, 5.74) is 8.02. The molecule has 3 rings (SSSR count). The molecule has 136 valence electrons. The van der Waals surface area contributed by atoms with Gasteiger partial charge in [-0.1, -0.05) is 29.8 Å². The Morgan fingerprint density at radius 2 is 1.89 bits per heavy atom. The average molecular weight is 397 g/mol. The topological polar surface area (TPSA) is 72.2 Å². The highest BCUT2D eigenvalue weighted by molar-refractivity contribution is 7.16. The van der Waals surface area contributed by atoms with E-state index < -0.39 is 5.91 Å². The minimum absolute atomic E-state index is 0.256. The number of aryl methyl sites for hydroxylation is 1. The average Bonchev–Trinajstić information content (AvgIpc) is 3.09. The van der Waals surface area contributed by atoms with Gasteiger partial charge in [0, 0.05) is 37.7 Å². The lowest BCUT2D eigenvalue weighted by Gasteiger charge is -2.06. The fourth-order valence-corrected chi connectivity index (χ4v) is 3.85. The predicted molar refractivity (Wildman–Crippen MR) is 112 cm³/mol. The van der Waals surface area contributed by atoms with E-state index in [0.29, 0.717) is 21.8 Å². The van der Waals surface area contributed by atoms with Gasteiger partial charge in [-0.25, -0.2) is 0 Å². The minimum atomic E-state index is -0.489. The first-order chi connectivity index (χ1) is 12.9. The standard InChI is InChI=1S/C21H17ClN2O2S/c1-13-12-14(6-9-16(13)21(23)26)24-20(25)11-8-15-7-10-19(27-15)17-4-2-3-5-18(17)22/h2-12H,1H3,(H2,23,26)(H,24,25)/b11-8+. The van der Waals surface area contributed by atoms with Crippen molar-refractivity contribution in [2.75, 3.05) is 5.32 Å². The highest BCUT2D eigenvalue weighted by atomic mass is 35.5. The molecule has 3 N–H and O–H groups in total. The van der Waals surface area contributed by atoms with Gasteiger partial charge in [-0.3, -0.25) is 9.59 Å². The van der Waals surface area contributed by atoms with Gasteiger partial charge in [0.05, 0.1) is 0 Å². The molecule has 3 aromatic rings. The van der Waals surface area contributed by atoms with Gasteiger partial charge >= 0.3 is 0 Å². The first kappa shape index (κ1) is 18.9. The van der Waals surface area contributed by atoms with Crippen LogP contribution in [0.3, 0.4) is 0 Å². The Bertz CT molecular complexity index is 1040. The third-order valence-corrected chi connectivity index (χ3v) is 5.34. The number of carbonyl (C=O) groups is 2. The second-order valence-corrected chi connectivity index (χ2v) is 7.42. The predicted octanol–water partition coefficient (Wildman–Crippen LogP) is 5.13. The van der Waals surface area contributed by atoms with E-state index in [1.54, 1.807) is 42.5 Å². The highest BCUT2D eigenvalue weighted by Crippen LogP contribution is 2.33. The lowest BCUT2D eigenvalue weighted by molar-refractivity contribution is -0.111. The molecule has 0 spiro atoms. The van der Waals surface area contributed by atoms with E-state index >= 15 is 0 Å². The molecule has 1 heterocycles. The number of amides is 2. The van der Waals surface area contributed by atoms with Gasteiger partial charge in [-0.05, 0) is 55.0 Å². The number of hydrogen-bond acceptors (Lipinski definition) is 3. The molecule has 6 heteroatoms. The maximum Gasteiger partial charge on any atom is 0.248 e. The number of nitrogens with one attached hydrogen (secondary N) is 1. The van der Waals surface area contributed by atoms with E-state index in [2.05, 4.69) is 5.32 Å². The Hall–Kier alpha value is -2.89. The van der Waals surface area contributed by atoms with Crippen LogP contribution in [0.5, 0.6) is 0 Å². The number of primary amides is 1. The Labute approximate surface area is 166 Å². The largest absolute Gasteiger partial charge is 0.366 e. The van der Waals surface area contributed by atoms with Crippen LogP contribution in [0.1, 0.15) is 20.8 Å². The van der Waals surface area contributed by atoms with Crippen molar-refractivity contribution in [1.82, 2.24) is 0 Å². The van der Waals surface area contributed by atoms with Gasteiger partial charge < -0.3 is 11.1 Å². The molecule has 0 atom stereocenters. The van der Waals surface area contributed by atoms with Gasteiger partial charge in [0.25, 0.3) is 0 Å². The van der Waals surface area contributed by atoms with Crippen LogP contribution in [0.2, 0.25) is 5.02 Å². The van der Waals surface area contributed by atoms with Crippen LogP contribution in [0, 0.1) is 6.92 Å². The fraction of sp³-hybridized carbons (Fsp3) is 0.0476. The Kier molecular flexibility index (Phi) is 5.74. The third-order valence-electron chi connectivity index (χ3n) is 3.92. The zero-order valence-corrected chi connectivity index (χ0v) is 16.1. The molecule has 4 nitrogen and oxygen atoms in total. The lowest BCUT2D eigenvalue weighted by atomic mass is 10.1. The molecule has 0 radical (unpaired) electrons. The monoisotopic (exact) mass is 396 g/mol. The minimum Gasteiger partial charge on any atom is -0.366 e. The maximum absolute atomic E-state index is 12.1. The summed E-state index contributed by atoms with van der Waals surface area (Å²) in [5.74, 6) is -0.744. The summed E-state index contributed by atoms with van der Waals surface area (Å²) in [6, 6.07) is 16.5. The van der Waals surface area contributed by atoms with Crippen molar-refractivity contribution >= 4 is 46.5 Å². The van der Waals surface area contributed by atoms with E-state index in [4.69, 9.17) is 17.3 Å². The highest BCUT2D eigenvalue weighted by Gasteiger charge is 2.07. The maximum atomic E-state index is 12.1. The molecule has 2 amide bonds. The van der Waals surface area contributed by atoms with E-state index in [1.165, 1.54) is 6.08 Å². The molecule has 0 aliphatic rings. The van der Waals surface area contributed by atoms with E-state index in [9.17, 15) is 9.59 Å². The molecular formula is C21H17ClN2O2S. The SMILES string of the molecule is Cc1cc(NC(=O)/C=C/c2ccc(-c3ccccc3Cl)s2)ccc1C(N)=O. The number of carbonyl (C=O) groups excluding carboxylic acids is 2. The number of halogens is 1.